The summed E-state index contributed by atoms with van der Waals surface area (Å²) >= 11 is 4.43. The molecule has 1 amide bonds. The fourth-order valence-electron chi connectivity index (χ4n) is 1.72. The molecule has 0 aliphatic carbocycles. The van der Waals surface area contributed by atoms with Gasteiger partial charge in [0.05, 0.1) is 22.5 Å². The molecule has 0 aliphatic heterocycles. The molecule has 7 heteroatoms. The maximum absolute atomic E-state index is 11.9. The molecule has 0 atom stereocenters. The number of hydrogen-bond acceptors (Lipinski definition) is 4. The van der Waals surface area contributed by atoms with Crippen LogP contribution in [0.2, 0.25) is 0 Å². The van der Waals surface area contributed by atoms with Crippen LogP contribution in [0.15, 0.2) is 35.6 Å². The van der Waals surface area contributed by atoms with E-state index < -0.39 is 0 Å². The molecule has 0 unspecified atom stereocenters. The molecular weight excluding hydrogens is 508 g/mol. The van der Waals surface area contributed by atoms with Crippen LogP contribution in [0.1, 0.15) is 21.6 Å². The molecule has 0 spiro atoms. The van der Waals surface area contributed by atoms with Crippen molar-refractivity contribution in [1.29, 1.82) is 0 Å². The average Bonchev–Trinajstić information content (AvgIpc) is 2.47. The van der Waals surface area contributed by atoms with Gasteiger partial charge in [0.2, 0.25) is 0 Å². The van der Waals surface area contributed by atoms with Crippen LogP contribution in [0.3, 0.4) is 0 Å². The van der Waals surface area contributed by atoms with E-state index in [2.05, 4.69) is 60.7 Å². The third-order valence-electron chi connectivity index (χ3n) is 2.78. The zero-order valence-electron chi connectivity index (χ0n) is 11.9. The first-order valence-electron chi connectivity index (χ1n) is 6.30. The topological polar surface area (TPSA) is 63.6 Å². The number of aromatic nitrogens is 1. The summed E-state index contributed by atoms with van der Waals surface area (Å²) in [6.45, 7) is 1.87. The molecule has 114 valence electrons. The Morgan fingerprint density at radius 3 is 2.77 bits per heavy atom. The molecule has 1 aromatic carbocycles. The normalized spacial score (nSPS) is 10.7. The molecule has 5 nitrogen and oxygen atoms in total. The number of nitrogens with one attached hydrogen (secondary N) is 1. The Balaban J connectivity index is 2.12. The molecule has 2 rings (SSSR count). The lowest BCUT2D eigenvalue weighted by Gasteiger charge is -2.07. The molecule has 0 aliphatic rings. The lowest BCUT2D eigenvalue weighted by molar-refractivity contribution is 0.0955. The highest BCUT2D eigenvalue weighted by atomic mass is 127. The number of carbonyl (C=O) groups excluding carboxylic acids is 1. The van der Waals surface area contributed by atoms with Gasteiger partial charge in [0.25, 0.3) is 5.91 Å². The molecule has 0 fully saturated rings. The number of hydrogen-bond donors (Lipinski definition) is 1. The van der Waals surface area contributed by atoms with Crippen LogP contribution in [0.25, 0.3) is 0 Å². The summed E-state index contributed by atoms with van der Waals surface area (Å²) in [5.41, 5.74) is 4.62. The number of carbonyl (C=O) groups is 1. The molecule has 0 radical (unpaired) electrons. The van der Waals surface area contributed by atoms with Gasteiger partial charge in [-0.15, -0.1) is 0 Å². The lowest BCUT2D eigenvalue weighted by atomic mass is 10.2. The van der Waals surface area contributed by atoms with E-state index in [1.165, 1.54) is 6.20 Å². The van der Waals surface area contributed by atoms with Gasteiger partial charge in [0, 0.05) is 21.0 Å². The van der Waals surface area contributed by atoms with Crippen molar-refractivity contribution in [2.45, 2.75) is 6.92 Å². The molecule has 1 heterocycles. The van der Waals surface area contributed by atoms with E-state index in [1.807, 2.05) is 19.1 Å². The van der Waals surface area contributed by atoms with Gasteiger partial charge in [-0.3, -0.25) is 9.78 Å². The first kappa shape index (κ1) is 17.1. The Kier molecular flexibility index (Phi) is 6.12. The Morgan fingerprint density at radius 1 is 1.36 bits per heavy atom. The molecule has 0 saturated carbocycles. The van der Waals surface area contributed by atoms with Gasteiger partial charge >= 0.3 is 0 Å². The second-order valence-electron chi connectivity index (χ2n) is 4.40. The number of ether oxygens (including phenoxy) is 1. The Bertz CT molecular complexity index is 715. The highest BCUT2D eigenvalue weighted by Gasteiger charge is 2.08. The van der Waals surface area contributed by atoms with Crippen LogP contribution in [0.5, 0.6) is 5.75 Å². The van der Waals surface area contributed by atoms with Crippen molar-refractivity contribution >= 4 is 57.3 Å². The number of nitrogens with zero attached hydrogens (tertiary/aromatic N) is 2. The summed E-state index contributed by atoms with van der Waals surface area (Å²) in [6.07, 6.45) is 3.10. The minimum absolute atomic E-state index is 0.303. The van der Waals surface area contributed by atoms with Crippen LogP contribution in [-0.2, 0) is 0 Å². The van der Waals surface area contributed by atoms with E-state index in [1.54, 1.807) is 25.5 Å². The smallest absolute Gasteiger partial charge is 0.272 e. The number of rotatable bonds is 4. The zero-order valence-corrected chi connectivity index (χ0v) is 16.2. The number of methoxy groups -OCH3 is 1. The molecule has 1 N–H and O–H groups in total. The van der Waals surface area contributed by atoms with Crippen molar-refractivity contribution in [3.05, 3.63) is 54.4 Å². The number of hydrazone groups is 1. The van der Waals surface area contributed by atoms with Crippen LogP contribution in [0, 0.1) is 14.1 Å². The average molecular weight is 521 g/mol. The van der Waals surface area contributed by atoms with E-state index in [4.69, 9.17) is 4.74 Å². The molecular formula is C15H13I2N3O2. The van der Waals surface area contributed by atoms with Gasteiger partial charge in [0.15, 0.2) is 0 Å². The van der Waals surface area contributed by atoms with Gasteiger partial charge in [0.1, 0.15) is 5.75 Å². The third kappa shape index (κ3) is 4.38. The SMILES string of the molecule is COc1c(I)cc(I)cc1/C=N/NC(=O)c1ccc(C)nc1. The first-order valence-corrected chi connectivity index (χ1v) is 8.46. The fourth-order valence-corrected chi connectivity index (χ4v) is 3.83. The van der Waals surface area contributed by atoms with Gasteiger partial charge < -0.3 is 4.74 Å². The molecule has 2 aromatic rings. The second kappa shape index (κ2) is 7.86. The van der Waals surface area contributed by atoms with Crippen molar-refractivity contribution < 1.29 is 9.53 Å². The monoisotopic (exact) mass is 521 g/mol. The predicted octanol–water partition coefficient (Wildman–Crippen LogP) is 3.37. The van der Waals surface area contributed by atoms with E-state index >= 15 is 0 Å². The minimum atomic E-state index is -0.303. The summed E-state index contributed by atoms with van der Waals surface area (Å²) in [5, 5.41) is 3.99. The highest BCUT2D eigenvalue weighted by Crippen LogP contribution is 2.26. The highest BCUT2D eigenvalue weighted by molar-refractivity contribution is 14.1. The largest absolute Gasteiger partial charge is 0.495 e. The summed E-state index contributed by atoms with van der Waals surface area (Å²) in [4.78, 5) is 16.0. The minimum Gasteiger partial charge on any atom is -0.495 e. The molecule has 0 saturated heterocycles. The maximum atomic E-state index is 11.9. The number of benzene rings is 1. The van der Waals surface area contributed by atoms with Crippen molar-refractivity contribution in [2.75, 3.05) is 7.11 Å². The van der Waals surface area contributed by atoms with E-state index in [-0.39, 0.29) is 5.91 Å². The molecule has 1 aromatic heterocycles. The van der Waals surface area contributed by atoms with Crippen molar-refractivity contribution in [2.24, 2.45) is 5.10 Å². The Morgan fingerprint density at radius 2 is 2.14 bits per heavy atom. The number of halogens is 2. The van der Waals surface area contributed by atoms with Gasteiger partial charge in [-0.25, -0.2) is 5.43 Å². The maximum Gasteiger partial charge on any atom is 0.272 e. The van der Waals surface area contributed by atoms with Crippen LogP contribution >= 0.6 is 45.2 Å². The van der Waals surface area contributed by atoms with Crippen molar-refractivity contribution in [3.8, 4) is 5.75 Å². The summed E-state index contributed by atoms with van der Waals surface area (Å²) in [7, 11) is 1.61. The first-order chi connectivity index (χ1) is 10.5. The van der Waals surface area contributed by atoms with Crippen LogP contribution < -0.4 is 10.2 Å². The second-order valence-corrected chi connectivity index (χ2v) is 6.81. The number of pyridine rings is 1. The standard InChI is InChI=1S/C15H13I2N3O2/c1-9-3-4-10(7-18-9)15(21)20-19-8-11-5-12(16)6-13(17)14(11)22-2/h3-8H,1-2H3,(H,20,21)/b19-8+. The summed E-state index contributed by atoms with van der Waals surface area (Å²) in [5.74, 6) is 0.430. The lowest BCUT2D eigenvalue weighted by Crippen LogP contribution is -2.17. The molecule has 22 heavy (non-hydrogen) atoms. The fraction of sp³-hybridized carbons (Fsp3) is 0.133. The van der Waals surface area contributed by atoms with Crippen molar-refractivity contribution in [3.63, 3.8) is 0 Å². The van der Waals surface area contributed by atoms with Crippen molar-refractivity contribution in [1.82, 2.24) is 10.4 Å². The quantitative estimate of drug-likeness (QED) is 0.382. The van der Waals surface area contributed by atoms with Gasteiger partial charge in [-0.2, -0.15) is 5.10 Å². The Hall–Kier alpha value is -1.23. The zero-order chi connectivity index (χ0) is 16.1. The van der Waals surface area contributed by atoms with E-state index in [9.17, 15) is 4.79 Å². The van der Waals surface area contributed by atoms with Crippen LogP contribution in [-0.4, -0.2) is 24.2 Å². The summed E-state index contributed by atoms with van der Waals surface area (Å²) in [6, 6.07) is 7.43. The number of amides is 1. The summed E-state index contributed by atoms with van der Waals surface area (Å²) < 4.78 is 7.42. The molecule has 0 bridgehead atoms. The van der Waals surface area contributed by atoms with E-state index in [0.29, 0.717) is 5.56 Å². The Labute approximate surface area is 155 Å². The third-order valence-corrected chi connectivity index (χ3v) is 4.21. The predicted molar refractivity (Wildman–Crippen MR) is 102 cm³/mol. The number of aryl methyl sites for hydroxylation is 1. The van der Waals surface area contributed by atoms with Gasteiger partial charge in [-0.05, 0) is 76.4 Å². The van der Waals surface area contributed by atoms with Gasteiger partial charge in [-0.1, -0.05) is 0 Å². The van der Waals surface area contributed by atoms with E-state index in [0.717, 1.165) is 24.1 Å². The van der Waals surface area contributed by atoms with Crippen LogP contribution in [0.4, 0.5) is 0 Å².